The van der Waals surface area contributed by atoms with Crippen molar-refractivity contribution in [2.24, 2.45) is 0 Å². The summed E-state index contributed by atoms with van der Waals surface area (Å²) in [4.78, 5) is 10.2. The fraction of sp³-hybridized carbons (Fsp3) is 0.156. The number of hydrogen-bond acceptors (Lipinski definition) is 2. The Hall–Kier alpha value is -5.34. The molecule has 0 unspecified atom stereocenters. The lowest BCUT2D eigenvalue weighted by molar-refractivity contribution is 0.584. The molecular weight excluding hydrogens is 569 g/mol. The van der Waals surface area contributed by atoms with Crippen molar-refractivity contribution < 1.29 is 0 Å². The van der Waals surface area contributed by atoms with E-state index in [-0.39, 0.29) is 10.8 Å². The molecule has 8 rings (SSSR count). The summed E-state index contributed by atoms with van der Waals surface area (Å²) in [6, 6.07) is 50.2. The second-order valence-corrected chi connectivity index (χ2v) is 14.3. The molecule has 0 bridgehead atoms. The molecule has 0 fully saturated rings. The van der Waals surface area contributed by atoms with Crippen LogP contribution in [0.2, 0.25) is 0 Å². The largest absolute Gasteiger partial charge is 0.228 e. The van der Waals surface area contributed by atoms with Crippen molar-refractivity contribution in [2.45, 2.75) is 45.4 Å². The van der Waals surface area contributed by atoms with Crippen LogP contribution in [-0.2, 0) is 10.8 Å². The quantitative estimate of drug-likeness (QED) is 0.199. The highest BCUT2D eigenvalue weighted by molar-refractivity contribution is 6.05. The van der Waals surface area contributed by atoms with Crippen molar-refractivity contribution in [2.75, 3.05) is 0 Å². The predicted octanol–water partition coefficient (Wildman–Crippen LogP) is 11.9. The molecule has 1 heterocycles. The van der Waals surface area contributed by atoms with Gasteiger partial charge in [-0.2, -0.15) is 0 Å². The molecular formula is C45H38N2. The monoisotopic (exact) mass is 606 g/mol. The number of rotatable bonds is 4. The van der Waals surface area contributed by atoms with Crippen LogP contribution in [0.5, 0.6) is 0 Å². The molecule has 1 aliphatic carbocycles. The molecule has 0 spiro atoms. The summed E-state index contributed by atoms with van der Waals surface area (Å²) in [6.45, 7) is 11.6. The lowest BCUT2D eigenvalue weighted by Gasteiger charge is -2.25. The summed E-state index contributed by atoms with van der Waals surface area (Å²) < 4.78 is 0. The number of aromatic nitrogens is 2. The number of benzene rings is 6. The standard InChI is InChI=1S/C45H38N2/c1-44(2,3)32-21-23-37-36-22-20-31(26-39(36)45(4,5)40(37)27-32)33-24-25-38(35-19-13-12-18-34(33)35)42-28-41(29-14-8-6-9-15-29)46-43(47-42)30-16-10-7-11-17-30/h6-28H,1-5H3. The number of nitrogens with zero attached hydrogens (tertiary/aromatic N) is 2. The van der Waals surface area contributed by atoms with Gasteiger partial charge in [0.15, 0.2) is 5.82 Å². The van der Waals surface area contributed by atoms with E-state index >= 15 is 0 Å². The van der Waals surface area contributed by atoms with Crippen LogP contribution in [0.3, 0.4) is 0 Å². The average molecular weight is 607 g/mol. The topological polar surface area (TPSA) is 25.8 Å². The fourth-order valence-electron chi connectivity index (χ4n) is 7.20. The number of hydrogen-bond donors (Lipinski definition) is 0. The van der Waals surface area contributed by atoms with Crippen molar-refractivity contribution in [3.8, 4) is 56.2 Å². The van der Waals surface area contributed by atoms with E-state index in [0.717, 1.165) is 33.9 Å². The van der Waals surface area contributed by atoms with Gasteiger partial charge in [0.1, 0.15) is 0 Å². The Morgan fingerprint density at radius 2 is 0.979 bits per heavy atom. The maximum atomic E-state index is 5.15. The van der Waals surface area contributed by atoms with Crippen LogP contribution in [0.15, 0.2) is 140 Å². The molecule has 2 heteroatoms. The van der Waals surface area contributed by atoms with Gasteiger partial charge in [-0.05, 0) is 67.3 Å². The third-order valence-electron chi connectivity index (χ3n) is 9.88. The molecule has 0 saturated carbocycles. The summed E-state index contributed by atoms with van der Waals surface area (Å²) >= 11 is 0. The highest BCUT2D eigenvalue weighted by Crippen LogP contribution is 2.51. The zero-order valence-corrected chi connectivity index (χ0v) is 27.7. The van der Waals surface area contributed by atoms with Gasteiger partial charge in [-0.25, -0.2) is 9.97 Å². The predicted molar refractivity (Wildman–Crippen MR) is 198 cm³/mol. The average Bonchev–Trinajstić information content (AvgIpc) is 3.33. The highest BCUT2D eigenvalue weighted by Gasteiger charge is 2.36. The molecule has 0 radical (unpaired) electrons. The van der Waals surface area contributed by atoms with E-state index in [0.29, 0.717) is 0 Å². The van der Waals surface area contributed by atoms with Crippen LogP contribution in [0.1, 0.15) is 51.3 Å². The minimum Gasteiger partial charge on any atom is -0.228 e. The van der Waals surface area contributed by atoms with E-state index in [1.165, 1.54) is 49.7 Å². The SMILES string of the molecule is CC(C)(C)c1ccc2c(c1)C(C)(C)c1cc(-c3ccc(-c4cc(-c5ccccc5)nc(-c5ccccc5)n4)c4ccccc34)ccc1-2. The first-order valence-corrected chi connectivity index (χ1v) is 16.5. The van der Waals surface area contributed by atoms with Gasteiger partial charge in [0.05, 0.1) is 11.4 Å². The third-order valence-corrected chi connectivity index (χ3v) is 9.88. The fourth-order valence-corrected chi connectivity index (χ4v) is 7.20. The normalized spacial score (nSPS) is 13.4. The Labute approximate surface area is 277 Å². The number of fused-ring (bicyclic) bond motifs is 4. The molecule has 47 heavy (non-hydrogen) atoms. The van der Waals surface area contributed by atoms with Gasteiger partial charge < -0.3 is 0 Å². The van der Waals surface area contributed by atoms with Crippen LogP contribution >= 0.6 is 0 Å². The van der Waals surface area contributed by atoms with Crippen molar-refractivity contribution in [1.82, 2.24) is 9.97 Å². The lowest BCUT2D eigenvalue weighted by atomic mass is 9.78. The first kappa shape index (κ1) is 29.1. The van der Waals surface area contributed by atoms with Crippen LogP contribution in [0, 0.1) is 0 Å². The molecule has 0 N–H and O–H groups in total. The summed E-state index contributed by atoms with van der Waals surface area (Å²) in [5, 5.41) is 2.40. The molecule has 7 aromatic rings. The maximum Gasteiger partial charge on any atom is 0.160 e. The molecule has 0 atom stereocenters. The molecule has 0 amide bonds. The van der Waals surface area contributed by atoms with Gasteiger partial charge in [0.2, 0.25) is 0 Å². The van der Waals surface area contributed by atoms with Crippen molar-refractivity contribution in [1.29, 1.82) is 0 Å². The Morgan fingerprint density at radius 1 is 0.447 bits per heavy atom. The molecule has 2 nitrogen and oxygen atoms in total. The molecule has 0 aliphatic heterocycles. The van der Waals surface area contributed by atoms with Gasteiger partial charge in [0, 0.05) is 22.1 Å². The summed E-state index contributed by atoms with van der Waals surface area (Å²) in [5.41, 5.74) is 14.4. The van der Waals surface area contributed by atoms with Gasteiger partial charge >= 0.3 is 0 Å². The van der Waals surface area contributed by atoms with Gasteiger partial charge in [0.25, 0.3) is 0 Å². The second-order valence-electron chi connectivity index (χ2n) is 14.3. The van der Waals surface area contributed by atoms with Crippen molar-refractivity contribution in [3.63, 3.8) is 0 Å². The Morgan fingerprint density at radius 3 is 1.66 bits per heavy atom. The minimum absolute atomic E-state index is 0.0830. The Kier molecular flexibility index (Phi) is 6.74. The molecule has 228 valence electrons. The molecule has 1 aliphatic rings. The van der Waals surface area contributed by atoms with Crippen LogP contribution in [0.25, 0.3) is 66.9 Å². The lowest BCUT2D eigenvalue weighted by Crippen LogP contribution is -2.17. The third kappa shape index (κ3) is 4.96. The maximum absolute atomic E-state index is 5.15. The Balaban J connectivity index is 1.27. The zero-order chi connectivity index (χ0) is 32.3. The smallest absolute Gasteiger partial charge is 0.160 e. The Bertz CT molecular complexity index is 2230. The van der Waals surface area contributed by atoms with Gasteiger partial charge in [-0.15, -0.1) is 0 Å². The van der Waals surface area contributed by atoms with Crippen LogP contribution in [-0.4, -0.2) is 9.97 Å². The zero-order valence-electron chi connectivity index (χ0n) is 27.7. The highest BCUT2D eigenvalue weighted by atomic mass is 14.9. The van der Waals surface area contributed by atoms with Crippen molar-refractivity contribution >= 4 is 10.8 Å². The van der Waals surface area contributed by atoms with E-state index in [2.05, 4.69) is 150 Å². The molecule has 0 saturated heterocycles. The van der Waals surface area contributed by atoms with E-state index in [4.69, 9.17) is 9.97 Å². The van der Waals surface area contributed by atoms with Gasteiger partial charge in [-0.3, -0.25) is 0 Å². The van der Waals surface area contributed by atoms with Gasteiger partial charge in [-0.1, -0.05) is 162 Å². The second kappa shape index (κ2) is 10.9. The first-order chi connectivity index (χ1) is 22.7. The minimum atomic E-state index is -0.0830. The van der Waals surface area contributed by atoms with Crippen molar-refractivity contribution in [3.05, 3.63) is 156 Å². The van der Waals surface area contributed by atoms with E-state index in [1.807, 2.05) is 24.3 Å². The summed E-state index contributed by atoms with van der Waals surface area (Å²) in [5.74, 6) is 0.727. The van der Waals surface area contributed by atoms with E-state index < -0.39 is 0 Å². The first-order valence-electron chi connectivity index (χ1n) is 16.5. The molecule has 6 aromatic carbocycles. The molecule has 1 aromatic heterocycles. The van der Waals surface area contributed by atoms with E-state index in [1.54, 1.807) is 0 Å². The summed E-state index contributed by atoms with van der Waals surface area (Å²) in [7, 11) is 0. The summed E-state index contributed by atoms with van der Waals surface area (Å²) in [6.07, 6.45) is 0. The van der Waals surface area contributed by atoms with Crippen LogP contribution < -0.4 is 0 Å². The van der Waals surface area contributed by atoms with Crippen LogP contribution in [0.4, 0.5) is 0 Å². The van der Waals surface area contributed by atoms with E-state index in [9.17, 15) is 0 Å².